The molecule has 0 aliphatic carbocycles. The van der Waals surface area contributed by atoms with Crippen LogP contribution in [0.5, 0.6) is 0 Å². The smallest absolute Gasteiger partial charge is 0.262 e. The van der Waals surface area contributed by atoms with Gasteiger partial charge in [0.15, 0.2) is 0 Å². The standard InChI is InChI=1S/C23H26BrN3O2/c1-14-8-20(9-15(2)22(14)24)27-16(3)10-18(17(27)4)11-19(12-25)23(28)26-13-21-6-5-7-29-21/h8-11,21H,5-7,13H2,1-4H3,(H,26,28)/b19-11+/t21-/m0/s1. The first-order valence-corrected chi connectivity index (χ1v) is 10.6. The van der Waals surface area contributed by atoms with E-state index in [4.69, 9.17) is 4.74 Å². The van der Waals surface area contributed by atoms with E-state index in [9.17, 15) is 10.1 Å². The number of aryl methyl sites for hydroxylation is 3. The summed E-state index contributed by atoms with van der Waals surface area (Å²) in [5.74, 6) is -0.358. The molecule has 1 saturated heterocycles. The summed E-state index contributed by atoms with van der Waals surface area (Å²) in [4.78, 5) is 12.5. The predicted molar refractivity (Wildman–Crippen MR) is 118 cm³/mol. The van der Waals surface area contributed by atoms with Gasteiger partial charge in [0.1, 0.15) is 11.6 Å². The monoisotopic (exact) mass is 455 g/mol. The van der Waals surface area contributed by atoms with Crippen LogP contribution < -0.4 is 5.32 Å². The van der Waals surface area contributed by atoms with Gasteiger partial charge in [0.25, 0.3) is 5.91 Å². The van der Waals surface area contributed by atoms with Crippen molar-refractivity contribution in [3.05, 3.63) is 56.3 Å². The number of halogens is 1. The Kier molecular flexibility index (Phi) is 6.61. The Morgan fingerprint density at radius 1 is 1.31 bits per heavy atom. The fourth-order valence-corrected chi connectivity index (χ4v) is 4.02. The Morgan fingerprint density at radius 3 is 2.59 bits per heavy atom. The molecular formula is C23H26BrN3O2. The highest BCUT2D eigenvalue weighted by molar-refractivity contribution is 9.10. The maximum Gasteiger partial charge on any atom is 0.262 e. The van der Waals surface area contributed by atoms with Gasteiger partial charge in [-0.3, -0.25) is 4.79 Å². The van der Waals surface area contributed by atoms with Gasteiger partial charge in [-0.05, 0) is 81.5 Å². The fourth-order valence-electron chi connectivity index (χ4n) is 3.79. The SMILES string of the molecule is Cc1cc(-n2c(C)cc(/C=C(\C#N)C(=O)NC[C@@H]3CCCO3)c2C)cc(C)c1Br. The van der Waals surface area contributed by atoms with Crippen LogP contribution in [-0.4, -0.2) is 29.7 Å². The van der Waals surface area contributed by atoms with Crippen molar-refractivity contribution >= 4 is 27.9 Å². The van der Waals surface area contributed by atoms with E-state index in [-0.39, 0.29) is 17.6 Å². The number of rotatable bonds is 5. The van der Waals surface area contributed by atoms with Crippen LogP contribution in [0.1, 0.15) is 40.9 Å². The number of aromatic nitrogens is 1. The second-order valence-corrected chi connectivity index (χ2v) is 8.36. The molecule has 1 N–H and O–H groups in total. The van der Waals surface area contributed by atoms with Gasteiger partial charge in [0.05, 0.1) is 6.10 Å². The van der Waals surface area contributed by atoms with Gasteiger partial charge in [0.2, 0.25) is 0 Å². The number of carbonyl (C=O) groups is 1. The van der Waals surface area contributed by atoms with Crippen LogP contribution >= 0.6 is 15.9 Å². The number of ether oxygens (including phenoxy) is 1. The molecule has 0 spiro atoms. The minimum atomic E-state index is -0.358. The number of nitrogens with one attached hydrogen (secondary N) is 1. The fraction of sp³-hybridized carbons (Fsp3) is 0.391. The van der Waals surface area contributed by atoms with Gasteiger partial charge in [-0.1, -0.05) is 15.9 Å². The van der Waals surface area contributed by atoms with Crippen LogP contribution in [0, 0.1) is 39.0 Å². The van der Waals surface area contributed by atoms with Gasteiger partial charge < -0.3 is 14.6 Å². The van der Waals surface area contributed by atoms with Crippen LogP contribution in [0.4, 0.5) is 0 Å². The molecule has 0 unspecified atom stereocenters. The second kappa shape index (κ2) is 8.98. The summed E-state index contributed by atoms with van der Waals surface area (Å²) in [5.41, 5.74) is 6.40. The summed E-state index contributed by atoms with van der Waals surface area (Å²) in [6.07, 6.45) is 3.68. The van der Waals surface area contributed by atoms with Crippen molar-refractivity contribution in [3.8, 4) is 11.8 Å². The summed E-state index contributed by atoms with van der Waals surface area (Å²) >= 11 is 3.62. The van der Waals surface area contributed by atoms with Crippen molar-refractivity contribution in [2.75, 3.05) is 13.2 Å². The molecule has 2 heterocycles. The number of hydrogen-bond donors (Lipinski definition) is 1. The molecule has 2 aromatic rings. The molecule has 5 nitrogen and oxygen atoms in total. The average Bonchev–Trinajstić information content (AvgIpc) is 3.29. The summed E-state index contributed by atoms with van der Waals surface area (Å²) in [6.45, 7) is 9.35. The molecule has 1 aromatic carbocycles. The second-order valence-electron chi connectivity index (χ2n) is 7.57. The van der Waals surface area contributed by atoms with E-state index in [1.165, 1.54) is 0 Å². The number of carbonyl (C=O) groups excluding carboxylic acids is 1. The Labute approximate surface area is 180 Å². The third-order valence-electron chi connectivity index (χ3n) is 5.33. The zero-order valence-corrected chi connectivity index (χ0v) is 18.9. The Hall–Kier alpha value is -2.36. The van der Waals surface area contributed by atoms with Crippen LogP contribution in [0.25, 0.3) is 11.8 Å². The zero-order chi connectivity index (χ0) is 21.1. The molecule has 0 saturated carbocycles. The number of hydrogen-bond acceptors (Lipinski definition) is 3. The summed E-state index contributed by atoms with van der Waals surface area (Å²) in [7, 11) is 0. The lowest BCUT2D eigenvalue weighted by Crippen LogP contribution is -2.32. The van der Waals surface area contributed by atoms with E-state index < -0.39 is 0 Å². The van der Waals surface area contributed by atoms with E-state index >= 15 is 0 Å². The van der Waals surface area contributed by atoms with Crippen LogP contribution in [-0.2, 0) is 9.53 Å². The van der Waals surface area contributed by atoms with Crippen molar-refractivity contribution in [2.45, 2.75) is 46.6 Å². The number of nitrogens with zero attached hydrogens (tertiary/aromatic N) is 2. The maximum absolute atomic E-state index is 12.5. The van der Waals surface area contributed by atoms with E-state index in [1.807, 2.05) is 26.0 Å². The molecule has 1 aliphatic rings. The molecule has 29 heavy (non-hydrogen) atoms. The highest BCUT2D eigenvalue weighted by atomic mass is 79.9. The molecule has 1 aliphatic heterocycles. The van der Waals surface area contributed by atoms with Crippen molar-refractivity contribution in [1.82, 2.24) is 9.88 Å². The topological polar surface area (TPSA) is 67.0 Å². The van der Waals surface area contributed by atoms with Crippen LogP contribution in [0.15, 0.2) is 28.2 Å². The normalized spacial score (nSPS) is 16.7. The molecular weight excluding hydrogens is 430 g/mol. The van der Waals surface area contributed by atoms with Gasteiger partial charge in [-0.25, -0.2) is 0 Å². The van der Waals surface area contributed by atoms with Gasteiger partial charge >= 0.3 is 0 Å². The molecule has 1 fully saturated rings. The largest absolute Gasteiger partial charge is 0.376 e. The highest BCUT2D eigenvalue weighted by Crippen LogP contribution is 2.28. The average molecular weight is 456 g/mol. The first-order chi connectivity index (χ1) is 13.8. The lowest BCUT2D eigenvalue weighted by atomic mass is 10.1. The quantitative estimate of drug-likeness (QED) is 0.525. The molecule has 0 radical (unpaired) electrons. The van der Waals surface area contributed by atoms with Gasteiger partial charge in [-0.2, -0.15) is 5.26 Å². The first-order valence-electron chi connectivity index (χ1n) is 9.79. The molecule has 1 atom stereocenters. The Morgan fingerprint density at radius 2 is 2.00 bits per heavy atom. The lowest BCUT2D eigenvalue weighted by Gasteiger charge is -2.13. The Balaban J connectivity index is 1.88. The van der Waals surface area contributed by atoms with Crippen LogP contribution in [0.2, 0.25) is 0 Å². The van der Waals surface area contributed by atoms with Crippen LogP contribution in [0.3, 0.4) is 0 Å². The highest BCUT2D eigenvalue weighted by Gasteiger charge is 2.18. The van der Waals surface area contributed by atoms with Gasteiger partial charge in [0, 0.05) is 34.7 Å². The zero-order valence-electron chi connectivity index (χ0n) is 17.3. The molecule has 0 bridgehead atoms. The molecule has 152 valence electrons. The van der Waals surface area contributed by atoms with E-state index in [0.717, 1.165) is 57.7 Å². The molecule has 1 amide bonds. The van der Waals surface area contributed by atoms with E-state index in [2.05, 4.69) is 51.8 Å². The molecule has 6 heteroatoms. The number of nitriles is 1. The van der Waals surface area contributed by atoms with E-state index in [1.54, 1.807) is 6.08 Å². The Bertz CT molecular complexity index is 985. The summed E-state index contributed by atoms with van der Waals surface area (Å²) in [5, 5.41) is 12.3. The van der Waals surface area contributed by atoms with Gasteiger partial charge in [-0.15, -0.1) is 0 Å². The lowest BCUT2D eigenvalue weighted by molar-refractivity contribution is -0.117. The van der Waals surface area contributed by atoms with E-state index in [0.29, 0.717) is 6.54 Å². The third-order valence-corrected chi connectivity index (χ3v) is 6.58. The van der Waals surface area contributed by atoms with Crippen molar-refractivity contribution < 1.29 is 9.53 Å². The summed E-state index contributed by atoms with van der Waals surface area (Å²) in [6, 6.07) is 8.30. The number of amides is 1. The first kappa shape index (κ1) is 21.4. The third kappa shape index (κ3) is 4.63. The minimum Gasteiger partial charge on any atom is -0.376 e. The number of benzene rings is 1. The van der Waals surface area contributed by atoms with Crippen molar-refractivity contribution in [1.29, 1.82) is 5.26 Å². The van der Waals surface area contributed by atoms with Crippen molar-refractivity contribution in [2.24, 2.45) is 0 Å². The minimum absolute atomic E-state index is 0.0489. The molecule has 3 rings (SSSR count). The predicted octanol–water partition coefficient (Wildman–Crippen LogP) is 4.68. The maximum atomic E-state index is 12.5. The molecule has 1 aromatic heterocycles. The summed E-state index contributed by atoms with van der Waals surface area (Å²) < 4.78 is 8.79. The van der Waals surface area contributed by atoms with Crippen molar-refractivity contribution in [3.63, 3.8) is 0 Å².